The molecule has 9 heteroatoms. The van der Waals surface area contributed by atoms with Crippen LogP contribution in [0.1, 0.15) is 12.0 Å². The monoisotopic (exact) mass is 450 g/mol. The van der Waals surface area contributed by atoms with Gasteiger partial charge in [0.2, 0.25) is 5.91 Å². The number of aromatic nitrogens is 1. The van der Waals surface area contributed by atoms with Crippen LogP contribution in [0.15, 0.2) is 54.7 Å². The van der Waals surface area contributed by atoms with Crippen molar-refractivity contribution in [3.63, 3.8) is 0 Å². The molecule has 0 spiro atoms. The molecule has 1 aliphatic heterocycles. The molecule has 2 aromatic carbocycles. The molecular weight excluding hydrogens is 424 g/mol. The minimum atomic E-state index is -0.882. The Balaban J connectivity index is 1.30. The van der Waals surface area contributed by atoms with Crippen molar-refractivity contribution in [2.24, 2.45) is 0 Å². The molecule has 2 N–H and O–H groups in total. The number of methoxy groups -OCH3 is 2. The molecule has 0 radical (unpaired) electrons. The third-order valence-electron chi connectivity index (χ3n) is 5.67. The number of amides is 4. The maximum Gasteiger partial charge on any atom is 0.325 e. The molecule has 3 aromatic rings. The van der Waals surface area contributed by atoms with Crippen LogP contribution in [0.3, 0.4) is 0 Å². The molecule has 4 rings (SSSR count). The van der Waals surface area contributed by atoms with Gasteiger partial charge >= 0.3 is 6.03 Å². The second-order valence-corrected chi connectivity index (χ2v) is 7.73. The van der Waals surface area contributed by atoms with Crippen molar-refractivity contribution in [2.45, 2.75) is 25.6 Å². The van der Waals surface area contributed by atoms with Crippen molar-refractivity contribution in [1.29, 1.82) is 0 Å². The molecular formula is C24H26N4O5. The van der Waals surface area contributed by atoms with Gasteiger partial charge in [-0.1, -0.05) is 18.2 Å². The Labute approximate surface area is 191 Å². The van der Waals surface area contributed by atoms with Crippen LogP contribution < -0.4 is 20.1 Å². The number of rotatable bonds is 9. The molecule has 0 unspecified atom stereocenters. The van der Waals surface area contributed by atoms with Gasteiger partial charge < -0.3 is 24.7 Å². The average Bonchev–Trinajstić information content (AvgIpc) is 3.34. The number of benzene rings is 2. The molecule has 1 aliphatic rings. The Bertz CT molecular complexity index is 1190. The largest absolute Gasteiger partial charge is 0.497 e. The lowest BCUT2D eigenvalue weighted by atomic mass is 10.1. The highest BCUT2D eigenvalue weighted by atomic mass is 16.5. The summed E-state index contributed by atoms with van der Waals surface area (Å²) in [6, 6.07) is 13.6. The van der Waals surface area contributed by atoms with Crippen molar-refractivity contribution in [3.8, 4) is 11.5 Å². The fourth-order valence-electron chi connectivity index (χ4n) is 3.94. The summed E-state index contributed by atoms with van der Waals surface area (Å²) in [6.45, 7) is 1.05. The van der Waals surface area contributed by atoms with E-state index >= 15 is 0 Å². The van der Waals surface area contributed by atoms with Crippen LogP contribution in [0.25, 0.3) is 10.9 Å². The van der Waals surface area contributed by atoms with Crippen LogP contribution in [0.5, 0.6) is 11.5 Å². The Morgan fingerprint density at radius 2 is 1.91 bits per heavy atom. The van der Waals surface area contributed by atoms with Crippen LogP contribution in [0.4, 0.5) is 4.79 Å². The number of nitrogens with one attached hydrogen (secondary N) is 2. The Kier molecular flexibility index (Phi) is 6.48. The number of imide groups is 1. The lowest BCUT2D eigenvalue weighted by Gasteiger charge is -2.15. The SMILES string of the molecule is COc1ccc2c(ccn2CCNC(=O)C[C@@H]2NC(=O)N(Cc3ccccc3OC)C2=O)c1. The van der Waals surface area contributed by atoms with Gasteiger partial charge in [-0.25, -0.2) is 4.79 Å². The van der Waals surface area contributed by atoms with Crippen LogP contribution in [-0.2, 0) is 22.7 Å². The zero-order chi connectivity index (χ0) is 23.4. The van der Waals surface area contributed by atoms with Crippen LogP contribution >= 0.6 is 0 Å². The number of carbonyl (C=O) groups excluding carboxylic acids is 3. The van der Waals surface area contributed by atoms with Gasteiger partial charge in [-0.15, -0.1) is 0 Å². The molecule has 1 aromatic heterocycles. The van der Waals surface area contributed by atoms with Crippen LogP contribution in [0, 0.1) is 0 Å². The zero-order valence-corrected chi connectivity index (χ0v) is 18.5. The predicted octanol–water partition coefficient (Wildman–Crippen LogP) is 2.29. The molecule has 2 heterocycles. The summed E-state index contributed by atoms with van der Waals surface area (Å²) in [5.41, 5.74) is 1.75. The van der Waals surface area contributed by atoms with Crippen molar-refractivity contribution in [2.75, 3.05) is 20.8 Å². The van der Waals surface area contributed by atoms with E-state index in [-0.39, 0.29) is 18.9 Å². The summed E-state index contributed by atoms with van der Waals surface area (Å²) in [6.07, 6.45) is 1.84. The quantitative estimate of drug-likeness (QED) is 0.487. The summed E-state index contributed by atoms with van der Waals surface area (Å²) in [7, 11) is 3.16. The van der Waals surface area contributed by atoms with E-state index in [0.717, 1.165) is 21.6 Å². The molecule has 0 aliphatic carbocycles. The minimum absolute atomic E-state index is 0.0816. The van der Waals surface area contributed by atoms with E-state index in [9.17, 15) is 14.4 Å². The Morgan fingerprint density at radius 1 is 1.09 bits per heavy atom. The summed E-state index contributed by atoms with van der Waals surface area (Å²) in [5, 5.41) is 6.48. The van der Waals surface area contributed by atoms with Gasteiger partial charge in [0.25, 0.3) is 5.91 Å². The molecule has 0 bridgehead atoms. The highest BCUT2D eigenvalue weighted by Gasteiger charge is 2.39. The molecule has 1 atom stereocenters. The van der Waals surface area contributed by atoms with Crippen molar-refractivity contribution in [1.82, 2.24) is 20.1 Å². The summed E-state index contributed by atoms with van der Waals surface area (Å²) in [4.78, 5) is 38.6. The number of hydrogen-bond donors (Lipinski definition) is 2. The number of para-hydroxylation sites is 1. The highest BCUT2D eigenvalue weighted by Crippen LogP contribution is 2.23. The normalized spacial score (nSPS) is 15.6. The lowest BCUT2D eigenvalue weighted by molar-refractivity contribution is -0.131. The van der Waals surface area contributed by atoms with Crippen molar-refractivity contribution in [3.05, 3.63) is 60.3 Å². The van der Waals surface area contributed by atoms with Crippen molar-refractivity contribution < 1.29 is 23.9 Å². The molecule has 9 nitrogen and oxygen atoms in total. The molecule has 4 amide bonds. The number of carbonyl (C=O) groups is 3. The molecule has 33 heavy (non-hydrogen) atoms. The lowest BCUT2D eigenvalue weighted by Crippen LogP contribution is -2.37. The minimum Gasteiger partial charge on any atom is -0.497 e. The van der Waals surface area contributed by atoms with E-state index in [4.69, 9.17) is 9.47 Å². The number of hydrogen-bond acceptors (Lipinski definition) is 5. The predicted molar refractivity (Wildman–Crippen MR) is 122 cm³/mol. The van der Waals surface area contributed by atoms with E-state index < -0.39 is 18.0 Å². The second-order valence-electron chi connectivity index (χ2n) is 7.73. The van der Waals surface area contributed by atoms with Gasteiger partial charge in [0, 0.05) is 35.8 Å². The van der Waals surface area contributed by atoms with Crippen LogP contribution in [-0.4, -0.2) is 54.1 Å². The number of fused-ring (bicyclic) bond motifs is 1. The van der Waals surface area contributed by atoms with E-state index in [1.54, 1.807) is 19.2 Å². The van der Waals surface area contributed by atoms with Gasteiger partial charge in [0.1, 0.15) is 17.5 Å². The average molecular weight is 450 g/mol. The number of urea groups is 1. The standard InChI is InChI=1S/C24H26N4O5/c1-32-18-7-8-20-16(13-18)9-11-27(20)12-10-25-22(29)14-19-23(30)28(24(31)26-19)15-17-5-3-4-6-21(17)33-2/h3-9,11,13,19H,10,12,14-15H2,1-2H3,(H,25,29)(H,26,31)/t19-/m0/s1. The Hall–Kier alpha value is -4.01. The van der Waals surface area contributed by atoms with Gasteiger partial charge in [-0.3, -0.25) is 14.5 Å². The van der Waals surface area contributed by atoms with E-state index in [1.807, 2.05) is 47.2 Å². The second kappa shape index (κ2) is 9.64. The topological polar surface area (TPSA) is 102 Å². The molecule has 1 fully saturated rings. The highest BCUT2D eigenvalue weighted by molar-refractivity contribution is 6.05. The first-order valence-electron chi connectivity index (χ1n) is 10.6. The maximum atomic E-state index is 12.7. The smallest absolute Gasteiger partial charge is 0.325 e. The summed E-state index contributed by atoms with van der Waals surface area (Å²) >= 11 is 0. The first kappa shape index (κ1) is 22.2. The first-order valence-corrected chi connectivity index (χ1v) is 10.6. The maximum absolute atomic E-state index is 12.7. The molecule has 172 valence electrons. The number of ether oxygens (including phenoxy) is 2. The molecule has 1 saturated heterocycles. The van der Waals surface area contributed by atoms with E-state index in [1.165, 1.54) is 7.11 Å². The van der Waals surface area contributed by atoms with E-state index in [2.05, 4.69) is 10.6 Å². The first-order chi connectivity index (χ1) is 16.0. The summed E-state index contributed by atoms with van der Waals surface area (Å²) in [5.74, 6) is 0.657. The third kappa shape index (κ3) is 4.77. The van der Waals surface area contributed by atoms with Gasteiger partial charge in [0.15, 0.2) is 0 Å². The zero-order valence-electron chi connectivity index (χ0n) is 18.5. The fourth-order valence-corrected chi connectivity index (χ4v) is 3.94. The fraction of sp³-hybridized carbons (Fsp3) is 0.292. The third-order valence-corrected chi connectivity index (χ3v) is 5.67. The molecule has 0 saturated carbocycles. The summed E-state index contributed by atoms with van der Waals surface area (Å²) < 4.78 is 12.6. The van der Waals surface area contributed by atoms with Gasteiger partial charge in [-0.05, 0) is 30.3 Å². The number of nitrogens with zero attached hydrogens (tertiary/aromatic N) is 2. The van der Waals surface area contributed by atoms with Gasteiger partial charge in [0.05, 0.1) is 27.2 Å². The van der Waals surface area contributed by atoms with Crippen LogP contribution in [0.2, 0.25) is 0 Å². The van der Waals surface area contributed by atoms with Gasteiger partial charge in [-0.2, -0.15) is 0 Å². The van der Waals surface area contributed by atoms with Crippen molar-refractivity contribution >= 4 is 28.7 Å². The van der Waals surface area contributed by atoms with E-state index in [0.29, 0.717) is 24.4 Å². The Morgan fingerprint density at radius 3 is 2.70 bits per heavy atom.